The van der Waals surface area contributed by atoms with Crippen LogP contribution in [-0.2, 0) is 7.05 Å². The largest absolute Gasteiger partial charge is 0.298 e. The highest BCUT2D eigenvalue weighted by Crippen LogP contribution is 2.25. The number of pyridine rings is 1. The molecule has 0 atom stereocenters. The Morgan fingerprint density at radius 1 is 1.27 bits per heavy atom. The molecule has 4 rings (SSSR count). The minimum Gasteiger partial charge on any atom is -0.298 e. The number of aromatic nitrogens is 4. The first-order chi connectivity index (χ1) is 12.5. The maximum Gasteiger partial charge on any atom is 0.259 e. The van der Waals surface area contributed by atoms with Gasteiger partial charge < -0.3 is 0 Å². The quantitative estimate of drug-likeness (QED) is 0.598. The Bertz CT molecular complexity index is 1120. The standard InChI is InChI=1S/C18H14FN5OS/c1-10-14-7-12(8-20-16(14)24(2)23-10)17(25)22-18-21-15(9-26-18)11-3-5-13(19)6-4-11/h3-9H,1-2H3,(H,21,22,25). The molecule has 0 fully saturated rings. The Balaban J connectivity index is 1.57. The lowest BCUT2D eigenvalue weighted by Crippen LogP contribution is -2.12. The van der Waals surface area contributed by atoms with Crippen molar-refractivity contribution < 1.29 is 9.18 Å². The van der Waals surface area contributed by atoms with E-state index in [0.29, 0.717) is 16.4 Å². The second-order valence-electron chi connectivity index (χ2n) is 5.80. The fourth-order valence-corrected chi connectivity index (χ4v) is 3.40. The van der Waals surface area contributed by atoms with Gasteiger partial charge in [-0.25, -0.2) is 14.4 Å². The first kappa shape index (κ1) is 16.3. The monoisotopic (exact) mass is 367 g/mol. The highest BCUT2D eigenvalue weighted by molar-refractivity contribution is 7.14. The van der Waals surface area contributed by atoms with Crippen LogP contribution in [0.25, 0.3) is 22.3 Å². The van der Waals surface area contributed by atoms with Gasteiger partial charge in [0.1, 0.15) is 5.82 Å². The number of halogens is 1. The van der Waals surface area contributed by atoms with Gasteiger partial charge >= 0.3 is 0 Å². The number of rotatable bonds is 3. The molecule has 6 nitrogen and oxygen atoms in total. The minimum absolute atomic E-state index is 0.289. The van der Waals surface area contributed by atoms with Crippen molar-refractivity contribution in [2.75, 3.05) is 5.32 Å². The van der Waals surface area contributed by atoms with Crippen molar-refractivity contribution in [3.63, 3.8) is 0 Å². The summed E-state index contributed by atoms with van der Waals surface area (Å²) in [6.07, 6.45) is 1.52. The van der Waals surface area contributed by atoms with Crippen LogP contribution in [-0.4, -0.2) is 25.7 Å². The number of thiazole rings is 1. The number of nitrogens with one attached hydrogen (secondary N) is 1. The number of aryl methyl sites for hydroxylation is 2. The molecule has 0 unspecified atom stereocenters. The number of nitrogens with zero attached hydrogens (tertiary/aromatic N) is 4. The molecule has 0 radical (unpaired) electrons. The average Bonchev–Trinajstić information content (AvgIpc) is 3.20. The topological polar surface area (TPSA) is 72.7 Å². The maximum atomic E-state index is 13.0. The zero-order valence-corrected chi connectivity index (χ0v) is 14.8. The Morgan fingerprint density at radius 2 is 2.04 bits per heavy atom. The van der Waals surface area contributed by atoms with E-state index in [1.54, 1.807) is 22.9 Å². The van der Waals surface area contributed by atoms with Gasteiger partial charge in [-0.15, -0.1) is 11.3 Å². The third kappa shape index (κ3) is 2.95. The number of carbonyl (C=O) groups is 1. The molecule has 26 heavy (non-hydrogen) atoms. The van der Waals surface area contributed by atoms with E-state index in [-0.39, 0.29) is 11.7 Å². The van der Waals surface area contributed by atoms with Crippen LogP contribution >= 0.6 is 11.3 Å². The van der Waals surface area contributed by atoms with Crippen LogP contribution in [0.15, 0.2) is 41.9 Å². The van der Waals surface area contributed by atoms with E-state index in [9.17, 15) is 9.18 Å². The smallest absolute Gasteiger partial charge is 0.259 e. The summed E-state index contributed by atoms with van der Waals surface area (Å²) in [5, 5.41) is 10.2. The molecule has 3 heterocycles. The Labute approximate surface area is 152 Å². The summed E-state index contributed by atoms with van der Waals surface area (Å²) in [5.41, 5.74) is 3.45. The van der Waals surface area contributed by atoms with Gasteiger partial charge in [-0.1, -0.05) is 0 Å². The lowest BCUT2D eigenvalue weighted by Gasteiger charge is -2.02. The summed E-state index contributed by atoms with van der Waals surface area (Å²) in [6, 6.07) is 7.83. The molecule has 3 aromatic heterocycles. The van der Waals surface area contributed by atoms with Crippen molar-refractivity contribution in [3.05, 3.63) is 59.0 Å². The van der Waals surface area contributed by atoms with Crippen LogP contribution in [0.4, 0.5) is 9.52 Å². The van der Waals surface area contributed by atoms with Crippen molar-refractivity contribution in [2.24, 2.45) is 7.05 Å². The van der Waals surface area contributed by atoms with Gasteiger partial charge in [-0.05, 0) is 37.3 Å². The van der Waals surface area contributed by atoms with Crippen molar-refractivity contribution in [2.45, 2.75) is 6.92 Å². The summed E-state index contributed by atoms with van der Waals surface area (Å²) in [7, 11) is 1.81. The van der Waals surface area contributed by atoms with Crippen LogP contribution in [0.5, 0.6) is 0 Å². The molecule has 130 valence electrons. The minimum atomic E-state index is -0.300. The van der Waals surface area contributed by atoms with Gasteiger partial charge in [-0.3, -0.25) is 14.8 Å². The second kappa shape index (κ2) is 6.30. The van der Waals surface area contributed by atoms with Crippen LogP contribution in [0, 0.1) is 12.7 Å². The molecule has 0 bridgehead atoms. The summed E-state index contributed by atoms with van der Waals surface area (Å²) in [4.78, 5) is 21.2. The van der Waals surface area contributed by atoms with Gasteiger partial charge in [0.05, 0.1) is 17.0 Å². The lowest BCUT2D eigenvalue weighted by molar-refractivity contribution is 0.102. The van der Waals surface area contributed by atoms with Crippen LogP contribution in [0.1, 0.15) is 16.1 Å². The van der Waals surface area contributed by atoms with Crippen molar-refractivity contribution in [1.82, 2.24) is 19.7 Å². The molecule has 1 amide bonds. The molecule has 0 saturated carbocycles. The summed E-state index contributed by atoms with van der Waals surface area (Å²) in [5.74, 6) is -0.589. The maximum absolute atomic E-state index is 13.0. The highest BCUT2D eigenvalue weighted by Gasteiger charge is 2.14. The number of anilines is 1. The first-order valence-electron chi connectivity index (χ1n) is 7.83. The fraction of sp³-hybridized carbons (Fsp3) is 0.111. The molecular formula is C18H14FN5OS. The number of hydrogen-bond donors (Lipinski definition) is 1. The van der Waals surface area contributed by atoms with Gasteiger partial charge in [-0.2, -0.15) is 5.10 Å². The lowest BCUT2D eigenvalue weighted by atomic mass is 10.2. The zero-order valence-electron chi connectivity index (χ0n) is 14.0. The van der Waals surface area contributed by atoms with Gasteiger partial charge in [0.25, 0.3) is 5.91 Å². The van der Waals surface area contributed by atoms with Crippen molar-refractivity contribution >= 4 is 33.4 Å². The molecule has 0 aliphatic carbocycles. The second-order valence-corrected chi connectivity index (χ2v) is 6.66. The van der Waals surface area contributed by atoms with Gasteiger partial charge in [0.2, 0.25) is 0 Å². The van der Waals surface area contributed by atoms with E-state index in [1.165, 1.54) is 29.7 Å². The average molecular weight is 367 g/mol. The molecule has 0 aliphatic rings. The molecule has 8 heteroatoms. The van der Waals surface area contributed by atoms with Crippen LogP contribution < -0.4 is 5.32 Å². The fourth-order valence-electron chi connectivity index (χ4n) is 2.69. The van der Waals surface area contributed by atoms with Crippen molar-refractivity contribution in [1.29, 1.82) is 0 Å². The summed E-state index contributed by atoms with van der Waals surface area (Å²) < 4.78 is 14.7. The van der Waals surface area contributed by atoms with E-state index in [0.717, 1.165) is 22.3 Å². The Hall–Kier alpha value is -3.13. The predicted octanol–water partition coefficient (Wildman–Crippen LogP) is 3.79. The molecule has 4 aromatic rings. The van der Waals surface area contributed by atoms with E-state index >= 15 is 0 Å². The number of benzene rings is 1. The number of amides is 1. The highest BCUT2D eigenvalue weighted by atomic mass is 32.1. The van der Waals surface area contributed by atoms with Gasteiger partial charge in [0, 0.05) is 29.6 Å². The molecule has 0 aliphatic heterocycles. The summed E-state index contributed by atoms with van der Waals surface area (Å²) in [6.45, 7) is 1.88. The normalized spacial score (nSPS) is 11.0. The first-order valence-corrected chi connectivity index (χ1v) is 8.71. The van der Waals surface area contributed by atoms with Crippen molar-refractivity contribution in [3.8, 4) is 11.3 Å². The Morgan fingerprint density at radius 3 is 2.81 bits per heavy atom. The SMILES string of the molecule is Cc1nn(C)c2ncc(C(=O)Nc3nc(-c4ccc(F)cc4)cs3)cc12. The van der Waals surface area contributed by atoms with Gasteiger partial charge in [0.15, 0.2) is 10.8 Å². The molecule has 1 N–H and O–H groups in total. The Kier molecular flexibility index (Phi) is 3.96. The van der Waals surface area contributed by atoms with Crippen LogP contribution in [0.3, 0.4) is 0 Å². The van der Waals surface area contributed by atoms with Crippen LogP contribution in [0.2, 0.25) is 0 Å². The molecule has 1 aromatic carbocycles. The van der Waals surface area contributed by atoms with E-state index in [2.05, 4.69) is 20.4 Å². The van der Waals surface area contributed by atoms with E-state index < -0.39 is 0 Å². The third-order valence-electron chi connectivity index (χ3n) is 3.99. The third-order valence-corrected chi connectivity index (χ3v) is 4.75. The predicted molar refractivity (Wildman–Crippen MR) is 98.7 cm³/mol. The summed E-state index contributed by atoms with van der Waals surface area (Å²) >= 11 is 1.31. The molecule has 0 saturated heterocycles. The number of hydrogen-bond acceptors (Lipinski definition) is 5. The van der Waals surface area contributed by atoms with E-state index in [1.807, 2.05) is 19.4 Å². The zero-order chi connectivity index (χ0) is 18.3. The van der Waals surface area contributed by atoms with E-state index in [4.69, 9.17) is 0 Å². The number of carbonyl (C=O) groups excluding carboxylic acids is 1. The molecular weight excluding hydrogens is 353 g/mol. The molecule has 0 spiro atoms. The number of fused-ring (bicyclic) bond motifs is 1.